The maximum absolute atomic E-state index is 6.45. The first kappa shape index (κ1) is 16.7. The fourth-order valence-electron chi connectivity index (χ4n) is 3.24. The smallest absolute Gasteiger partial charge is 0.128 e. The molecule has 24 heavy (non-hydrogen) atoms. The lowest BCUT2D eigenvalue weighted by atomic mass is 10.0. The summed E-state index contributed by atoms with van der Waals surface area (Å²) in [6.45, 7) is 8.58. The Morgan fingerprint density at radius 1 is 1.00 bits per heavy atom. The number of pyridine rings is 1. The average molecular weight is 325 g/mol. The first-order valence-electron chi connectivity index (χ1n) is 8.67. The highest BCUT2D eigenvalue weighted by Crippen LogP contribution is 2.26. The Kier molecular flexibility index (Phi) is 5.33. The predicted octanol–water partition coefficient (Wildman–Crippen LogP) is 1.97. The Bertz CT molecular complexity index is 663. The topological polar surface area (TPSA) is 71.4 Å². The second-order valence-electron chi connectivity index (χ2n) is 6.43. The highest BCUT2D eigenvalue weighted by molar-refractivity contribution is 5.62. The summed E-state index contributed by atoms with van der Waals surface area (Å²) in [5.74, 6) is 0.538. The van der Waals surface area contributed by atoms with Gasteiger partial charge in [0, 0.05) is 62.2 Å². The van der Waals surface area contributed by atoms with Gasteiger partial charge in [0.15, 0.2) is 0 Å². The molecular weight excluding hydrogens is 298 g/mol. The summed E-state index contributed by atoms with van der Waals surface area (Å²) in [5, 5.41) is 0. The van der Waals surface area contributed by atoms with Crippen LogP contribution in [0.3, 0.4) is 0 Å². The van der Waals surface area contributed by atoms with Crippen molar-refractivity contribution in [3.8, 4) is 0 Å². The third-order valence-electron chi connectivity index (χ3n) is 4.87. The van der Waals surface area contributed by atoms with Crippen molar-refractivity contribution in [2.45, 2.75) is 19.9 Å². The Morgan fingerprint density at radius 2 is 1.67 bits per heavy atom. The minimum absolute atomic E-state index is 0.538. The maximum Gasteiger partial charge on any atom is 0.128 e. The number of nitrogens with two attached hydrogens (primary N) is 2. The van der Waals surface area contributed by atoms with Gasteiger partial charge in [0.05, 0.1) is 0 Å². The Morgan fingerprint density at radius 3 is 2.33 bits per heavy atom. The molecule has 0 radical (unpaired) electrons. The molecule has 1 aromatic carbocycles. The van der Waals surface area contributed by atoms with E-state index in [1.165, 1.54) is 5.56 Å². The number of benzene rings is 1. The van der Waals surface area contributed by atoms with Crippen LogP contribution in [0.1, 0.15) is 23.6 Å². The number of hydrogen-bond acceptors (Lipinski definition) is 5. The van der Waals surface area contributed by atoms with Gasteiger partial charge in [0.1, 0.15) is 5.82 Å². The molecule has 0 unspecified atom stereocenters. The van der Waals surface area contributed by atoms with E-state index < -0.39 is 0 Å². The van der Waals surface area contributed by atoms with Crippen molar-refractivity contribution >= 4 is 11.5 Å². The number of anilines is 2. The molecular formula is C19H27N5. The standard InChI is InChI=1S/C19H27N5/c1-2-23-8-10-24(11-9-23)14-16-13-22-19(21)17(18(16)20)12-15-6-4-3-5-7-15/h3-7,13H,2,8-12,14H2,1H3,(H4,20,21,22). The molecule has 0 aliphatic carbocycles. The molecule has 1 aliphatic rings. The molecule has 128 valence electrons. The van der Waals surface area contributed by atoms with Crippen molar-refractivity contribution in [3.63, 3.8) is 0 Å². The number of nitrogens with zero attached hydrogens (tertiary/aromatic N) is 3. The number of rotatable bonds is 5. The summed E-state index contributed by atoms with van der Waals surface area (Å²) >= 11 is 0. The summed E-state index contributed by atoms with van der Waals surface area (Å²) in [4.78, 5) is 9.31. The van der Waals surface area contributed by atoms with E-state index in [9.17, 15) is 0 Å². The molecule has 1 saturated heterocycles. The quantitative estimate of drug-likeness (QED) is 0.879. The SMILES string of the molecule is CCN1CCN(Cc2cnc(N)c(Cc3ccccc3)c2N)CC1. The maximum atomic E-state index is 6.45. The Hall–Kier alpha value is -2.11. The first-order chi connectivity index (χ1) is 11.7. The molecule has 5 nitrogen and oxygen atoms in total. The van der Waals surface area contributed by atoms with Crippen LogP contribution in [0.4, 0.5) is 11.5 Å². The average Bonchev–Trinajstić information content (AvgIpc) is 2.62. The van der Waals surface area contributed by atoms with Gasteiger partial charge < -0.3 is 16.4 Å². The van der Waals surface area contributed by atoms with Crippen LogP contribution in [0.15, 0.2) is 36.5 Å². The van der Waals surface area contributed by atoms with Gasteiger partial charge in [0.25, 0.3) is 0 Å². The highest BCUT2D eigenvalue weighted by Gasteiger charge is 2.18. The van der Waals surface area contributed by atoms with Crippen molar-refractivity contribution in [1.29, 1.82) is 0 Å². The third-order valence-corrected chi connectivity index (χ3v) is 4.87. The molecule has 0 spiro atoms. The van der Waals surface area contributed by atoms with E-state index in [0.717, 1.165) is 62.5 Å². The molecule has 5 heteroatoms. The van der Waals surface area contributed by atoms with Crippen molar-refractivity contribution in [3.05, 3.63) is 53.2 Å². The van der Waals surface area contributed by atoms with Crippen molar-refractivity contribution in [1.82, 2.24) is 14.8 Å². The zero-order valence-electron chi connectivity index (χ0n) is 14.4. The Labute approximate surface area is 144 Å². The molecule has 1 aromatic heterocycles. The number of aromatic nitrogens is 1. The van der Waals surface area contributed by atoms with E-state index in [0.29, 0.717) is 5.82 Å². The second-order valence-corrected chi connectivity index (χ2v) is 6.43. The summed E-state index contributed by atoms with van der Waals surface area (Å²) in [7, 11) is 0. The highest BCUT2D eigenvalue weighted by atomic mass is 15.3. The molecule has 4 N–H and O–H groups in total. The molecule has 0 atom stereocenters. The summed E-state index contributed by atoms with van der Waals surface area (Å²) < 4.78 is 0. The monoisotopic (exact) mass is 325 g/mol. The zero-order valence-corrected chi connectivity index (χ0v) is 14.4. The fraction of sp³-hybridized carbons (Fsp3) is 0.421. The minimum atomic E-state index is 0.538. The number of piperazine rings is 1. The van der Waals surface area contributed by atoms with Crippen LogP contribution < -0.4 is 11.5 Å². The van der Waals surface area contributed by atoms with E-state index in [-0.39, 0.29) is 0 Å². The molecule has 3 rings (SSSR count). The van der Waals surface area contributed by atoms with E-state index in [4.69, 9.17) is 11.5 Å². The van der Waals surface area contributed by atoms with Crippen LogP contribution in [0, 0.1) is 0 Å². The van der Waals surface area contributed by atoms with Crippen molar-refractivity contribution < 1.29 is 0 Å². The van der Waals surface area contributed by atoms with Gasteiger partial charge in [-0.25, -0.2) is 4.98 Å². The van der Waals surface area contributed by atoms with E-state index in [1.54, 1.807) is 0 Å². The van der Waals surface area contributed by atoms with E-state index >= 15 is 0 Å². The minimum Gasteiger partial charge on any atom is -0.398 e. The zero-order chi connectivity index (χ0) is 16.9. The van der Waals surface area contributed by atoms with Crippen LogP contribution in [0.5, 0.6) is 0 Å². The molecule has 0 bridgehead atoms. The predicted molar refractivity (Wildman–Crippen MR) is 99.7 cm³/mol. The Balaban J connectivity index is 1.74. The second kappa shape index (κ2) is 7.64. The molecule has 2 aromatic rings. The van der Waals surface area contributed by atoms with Crippen LogP contribution in [0.2, 0.25) is 0 Å². The van der Waals surface area contributed by atoms with Crippen molar-refractivity contribution in [2.75, 3.05) is 44.2 Å². The first-order valence-corrected chi connectivity index (χ1v) is 8.67. The van der Waals surface area contributed by atoms with Crippen molar-refractivity contribution in [2.24, 2.45) is 0 Å². The summed E-state index contributed by atoms with van der Waals surface area (Å²) in [6, 6.07) is 10.3. The van der Waals surface area contributed by atoms with Crippen LogP contribution >= 0.6 is 0 Å². The van der Waals surface area contributed by atoms with Gasteiger partial charge in [-0.2, -0.15) is 0 Å². The number of hydrogen-bond donors (Lipinski definition) is 2. The molecule has 0 saturated carbocycles. The van der Waals surface area contributed by atoms with Gasteiger partial charge in [-0.1, -0.05) is 37.3 Å². The van der Waals surface area contributed by atoms with Gasteiger partial charge in [0.2, 0.25) is 0 Å². The largest absolute Gasteiger partial charge is 0.398 e. The van der Waals surface area contributed by atoms with Gasteiger partial charge in [-0.3, -0.25) is 4.90 Å². The normalized spacial score (nSPS) is 16.4. The summed E-state index contributed by atoms with van der Waals surface area (Å²) in [6.07, 6.45) is 2.56. The number of likely N-dealkylation sites (N-methyl/N-ethyl adjacent to an activating group) is 1. The molecule has 0 amide bonds. The van der Waals surface area contributed by atoms with Gasteiger partial charge >= 0.3 is 0 Å². The lowest BCUT2D eigenvalue weighted by Crippen LogP contribution is -2.45. The van der Waals surface area contributed by atoms with E-state index in [2.05, 4.69) is 33.8 Å². The van der Waals surface area contributed by atoms with Crippen LogP contribution in [-0.4, -0.2) is 47.5 Å². The lowest BCUT2D eigenvalue weighted by molar-refractivity contribution is 0.132. The molecule has 1 aliphatic heterocycles. The molecule has 2 heterocycles. The van der Waals surface area contributed by atoms with Gasteiger partial charge in [-0.15, -0.1) is 0 Å². The lowest BCUT2D eigenvalue weighted by Gasteiger charge is -2.34. The third kappa shape index (κ3) is 3.86. The van der Waals surface area contributed by atoms with E-state index in [1.807, 2.05) is 24.4 Å². The van der Waals surface area contributed by atoms with Crippen LogP contribution in [0.25, 0.3) is 0 Å². The fourth-order valence-corrected chi connectivity index (χ4v) is 3.24. The van der Waals surface area contributed by atoms with Gasteiger partial charge in [-0.05, 0) is 12.1 Å². The van der Waals surface area contributed by atoms with Crippen LogP contribution in [-0.2, 0) is 13.0 Å². The summed E-state index contributed by atoms with van der Waals surface area (Å²) in [5.41, 5.74) is 16.6. The number of nitrogen functional groups attached to an aromatic ring is 2. The molecule has 1 fully saturated rings.